The van der Waals surface area contributed by atoms with Gasteiger partial charge < -0.3 is 14.8 Å². The van der Waals surface area contributed by atoms with E-state index in [0.29, 0.717) is 36.0 Å². The van der Waals surface area contributed by atoms with E-state index in [1.165, 1.54) is 23.0 Å². The Balaban J connectivity index is 1.81. The summed E-state index contributed by atoms with van der Waals surface area (Å²) in [7, 11) is -2.12. The van der Waals surface area contributed by atoms with Gasteiger partial charge in [0.15, 0.2) is 0 Å². The molecule has 9 heteroatoms. The van der Waals surface area contributed by atoms with Crippen LogP contribution in [0.5, 0.6) is 11.5 Å². The van der Waals surface area contributed by atoms with E-state index in [2.05, 4.69) is 12.2 Å². The van der Waals surface area contributed by atoms with Crippen molar-refractivity contribution in [3.05, 3.63) is 53.1 Å². The highest BCUT2D eigenvalue weighted by Gasteiger charge is 2.21. The molecule has 2 rings (SSSR count). The predicted molar refractivity (Wildman–Crippen MR) is 124 cm³/mol. The van der Waals surface area contributed by atoms with Gasteiger partial charge in [-0.15, -0.1) is 0 Å². The molecular formula is C22H29ClN2O5S. The zero-order valence-electron chi connectivity index (χ0n) is 18.1. The number of nitrogens with zero attached hydrogens (tertiary/aromatic N) is 1. The van der Waals surface area contributed by atoms with Gasteiger partial charge in [-0.3, -0.25) is 9.10 Å². The van der Waals surface area contributed by atoms with E-state index in [4.69, 9.17) is 21.1 Å². The minimum Gasteiger partial charge on any atom is -0.495 e. The van der Waals surface area contributed by atoms with Crippen molar-refractivity contribution in [1.82, 2.24) is 5.32 Å². The standard InChI is InChI=1S/C22H29ClN2O5S/c1-4-17-7-10-19(11-8-17)30-15-13-24-22(26)6-5-14-25(31(3,27)28)20-16-18(23)9-12-21(20)29-2/h7-12,16H,4-6,13-15H2,1-3H3,(H,24,26). The van der Waals surface area contributed by atoms with E-state index >= 15 is 0 Å². The number of halogens is 1. The summed E-state index contributed by atoms with van der Waals surface area (Å²) in [5.74, 6) is 0.977. The van der Waals surface area contributed by atoms with Crippen LogP contribution in [0.25, 0.3) is 0 Å². The third kappa shape index (κ3) is 7.95. The Hall–Kier alpha value is -2.45. The van der Waals surface area contributed by atoms with Crippen molar-refractivity contribution in [1.29, 1.82) is 0 Å². The quantitative estimate of drug-likeness (QED) is 0.480. The number of anilines is 1. The first-order chi connectivity index (χ1) is 14.7. The van der Waals surface area contributed by atoms with Gasteiger partial charge in [0, 0.05) is 18.0 Å². The predicted octanol–water partition coefficient (Wildman–Crippen LogP) is 3.65. The van der Waals surface area contributed by atoms with Crippen molar-refractivity contribution < 1.29 is 22.7 Å². The number of benzene rings is 2. The third-order valence-corrected chi connectivity index (χ3v) is 6.01. The molecule has 0 saturated carbocycles. The van der Waals surface area contributed by atoms with Crippen molar-refractivity contribution in [2.75, 3.05) is 37.4 Å². The average Bonchev–Trinajstić information content (AvgIpc) is 2.74. The summed E-state index contributed by atoms with van der Waals surface area (Å²) >= 11 is 6.03. The second-order valence-electron chi connectivity index (χ2n) is 6.95. The number of carbonyl (C=O) groups excluding carboxylic acids is 1. The molecule has 0 aliphatic rings. The second-order valence-corrected chi connectivity index (χ2v) is 9.29. The molecule has 1 N–H and O–H groups in total. The number of nitrogens with one attached hydrogen (secondary N) is 1. The molecule has 0 aromatic heterocycles. The highest BCUT2D eigenvalue weighted by molar-refractivity contribution is 7.92. The fourth-order valence-corrected chi connectivity index (χ4v) is 4.10. The largest absolute Gasteiger partial charge is 0.495 e. The van der Waals surface area contributed by atoms with Crippen LogP contribution >= 0.6 is 11.6 Å². The van der Waals surface area contributed by atoms with E-state index < -0.39 is 10.0 Å². The Labute approximate surface area is 189 Å². The number of ether oxygens (including phenoxy) is 2. The molecular weight excluding hydrogens is 440 g/mol. The van der Waals surface area contributed by atoms with Gasteiger partial charge >= 0.3 is 0 Å². The fraction of sp³-hybridized carbons (Fsp3) is 0.409. The molecule has 0 aliphatic heterocycles. The van der Waals surface area contributed by atoms with Crippen LogP contribution in [0.3, 0.4) is 0 Å². The third-order valence-electron chi connectivity index (χ3n) is 4.60. The summed E-state index contributed by atoms with van der Waals surface area (Å²) in [5, 5.41) is 3.18. The number of sulfonamides is 1. The van der Waals surface area contributed by atoms with Crippen LogP contribution in [0, 0.1) is 0 Å². The Kier molecular flexibility index (Phi) is 9.45. The van der Waals surface area contributed by atoms with Crippen molar-refractivity contribution in [2.45, 2.75) is 26.2 Å². The van der Waals surface area contributed by atoms with E-state index in [9.17, 15) is 13.2 Å². The first-order valence-corrected chi connectivity index (χ1v) is 12.3. The van der Waals surface area contributed by atoms with E-state index in [0.717, 1.165) is 18.4 Å². The van der Waals surface area contributed by atoms with Crippen LogP contribution in [-0.2, 0) is 21.2 Å². The maximum Gasteiger partial charge on any atom is 0.232 e. The number of rotatable bonds is 12. The molecule has 0 spiro atoms. The minimum atomic E-state index is -3.58. The lowest BCUT2D eigenvalue weighted by atomic mass is 10.2. The molecule has 0 atom stereocenters. The Morgan fingerprint density at radius 3 is 2.48 bits per heavy atom. The zero-order valence-corrected chi connectivity index (χ0v) is 19.6. The molecule has 0 saturated heterocycles. The Morgan fingerprint density at radius 1 is 1.16 bits per heavy atom. The molecule has 0 aliphatic carbocycles. The van der Waals surface area contributed by atoms with Crippen LogP contribution in [0.1, 0.15) is 25.3 Å². The van der Waals surface area contributed by atoms with Crippen LogP contribution in [0.4, 0.5) is 5.69 Å². The summed E-state index contributed by atoms with van der Waals surface area (Å²) in [4.78, 5) is 12.1. The first kappa shape index (κ1) is 24.8. The summed E-state index contributed by atoms with van der Waals surface area (Å²) in [6.07, 6.45) is 2.60. The number of hydrogen-bond acceptors (Lipinski definition) is 5. The number of methoxy groups -OCH3 is 1. The van der Waals surface area contributed by atoms with Gasteiger partial charge in [-0.2, -0.15) is 0 Å². The molecule has 1 amide bonds. The topological polar surface area (TPSA) is 84.9 Å². The average molecular weight is 469 g/mol. The fourth-order valence-electron chi connectivity index (χ4n) is 2.98. The SMILES string of the molecule is CCc1ccc(OCCNC(=O)CCCN(c2cc(Cl)ccc2OC)S(C)(=O)=O)cc1. The van der Waals surface area contributed by atoms with Crippen LogP contribution in [0.2, 0.25) is 5.02 Å². The lowest BCUT2D eigenvalue weighted by molar-refractivity contribution is -0.121. The summed E-state index contributed by atoms with van der Waals surface area (Å²) < 4.78 is 36.6. The monoisotopic (exact) mass is 468 g/mol. The maximum atomic E-state index is 12.3. The van der Waals surface area contributed by atoms with Crippen molar-refractivity contribution in [2.24, 2.45) is 0 Å². The molecule has 0 unspecified atom stereocenters. The van der Waals surface area contributed by atoms with Gasteiger partial charge in [0.25, 0.3) is 0 Å². The van der Waals surface area contributed by atoms with E-state index in [-0.39, 0.29) is 18.9 Å². The van der Waals surface area contributed by atoms with Gasteiger partial charge in [0.2, 0.25) is 15.9 Å². The summed E-state index contributed by atoms with van der Waals surface area (Å²) in [6.45, 7) is 2.94. The first-order valence-electron chi connectivity index (χ1n) is 10.0. The number of carbonyl (C=O) groups is 1. The minimum absolute atomic E-state index is 0.128. The normalized spacial score (nSPS) is 11.1. The van der Waals surface area contributed by atoms with Crippen molar-refractivity contribution in [3.63, 3.8) is 0 Å². The van der Waals surface area contributed by atoms with Gasteiger partial charge in [-0.05, 0) is 48.7 Å². The molecule has 2 aromatic carbocycles. The molecule has 7 nitrogen and oxygen atoms in total. The summed E-state index contributed by atoms with van der Waals surface area (Å²) in [5.41, 5.74) is 1.58. The molecule has 170 valence electrons. The van der Waals surface area contributed by atoms with Crippen LogP contribution in [-0.4, -0.2) is 47.4 Å². The highest BCUT2D eigenvalue weighted by Crippen LogP contribution is 2.32. The molecule has 0 heterocycles. The Bertz CT molecular complexity index is 964. The molecule has 0 bridgehead atoms. The highest BCUT2D eigenvalue weighted by atomic mass is 35.5. The van der Waals surface area contributed by atoms with Gasteiger partial charge in [0.05, 0.1) is 25.6 Å². The number of hydrogen-bond donors (Lipinski definition) is 1. The van der Waals surface area contributed by atoms with Gasteiger partial charge in [0.1, 0.15) is 18.1 Å². The number of amides is 1. The second kappa shape index (κ2) is 11.8. The molecule has 0 radical (unpaired) electrons. The van der Waals surface area contributed by atoms with Crippen molar-refractivity contribution >= 4 is 33.2 Å². The molecule has 0 fully saturated rings. The Morgan fingerprint density at radius 2 is 1.87 bits per heavy atom. The number of aryl methyl sites for hydroxylation is 1. The zero-order chi connectivity index (χ0) is 22.9. The van der Waals surface area contributed by atoms with E-state index in [1.54, 1.807) is 12.1 Å². The van der Waals surface area contributed by atoms with Gasteiger partial charge in [-0.1, -0.05) is 30.7 Å². The lowest BCUT2D eigenvalue weighted by Crippen LogP contribution is -2.33. The smallest absolute Gasteiger partial charge is 0.232 e. The van der Waals surface area contributed by atoms with Crippen molar-refractivity contribution in [3.8, 4) is 11.5 Å². The van der Waals surface area contributed by atoms with Gasteiger partial charge in [-0.25, -0.2) is 8.42 Å². The summed E-state index contributed by atoms with van der Waals surface area (Å²) in [6, 6.07) is 12.6. The molecule has 2 aromatic rings. The lowest BCUT2D eigenvalue weighted by Gasteiger charge is -2.24. The molecule has 31 heavy (non-hydrogen) atoms. The van der Waals surface area contributed by atoms with E-state index in [1.807, 2.05) is 24.3 Å². The van der Waals surface area contributed by atoms with Crippen LogP contribution in [0.15, 0.2) is 42.5 Å². The maximum absolute atomic E-state index is 12.3. The van der Waals surface area contributed by atoms with Crippen LogP contribution < -0.4 is 19.1 Å².